The van der Waals surface area contributed by atoms with E-state index in [1.807, 2.05) is 31.2 Å². The molecule has 1 saturated heterocycles. The van der Waals surface area contributed by atoms with Gasteiger partial charge in [-0.2, -0.15) is 0 Å². The molecule has 2 atom stereocenters. The Morgan fingerprint density at radius 3 is 2.59 bits per heavy atom. The second-order valence-electron chi connectivity index (χ2n) is 7.45. The minimum absolute atomic E-state index is 0.0302. The van der Waals surface area contributed by atoms with Crippen molar-refractivity contribution in [2.24, 2.45) is 0 Å². The van der Waals surface area contributed by atoms with Gasteiger partial charge in [-0.1, -0.05) is 18.2 Å². The van der Waals surface area contributed by atoms with E-state index in [1.54, 1.807) is 36.2 Å². The summed E-state index contributed by atoms with van der Waals surface area (Å²) in [5.41, 5.74) is 2.84. The number of methoxy groups -OCH3 is 2. The Hall–Kier alpha value is -3.22. The average molecular weight is 395 g/mol. The minimum Gasteiger partial charge on any atom is -0.493 e. The molecule has 7 nitrogen and oxygen atoms in total. The number of anilines is 2. The zero-order valence-electron chi connectivity index (χ0n) is 16.8. The summed E-state index contributed by atoms with van der Waals surface area (Å²) >= 11 is 0. The first-order chi connectivity index (χ1) is 14.0. The van der Waals surface area contributed by atoms with Crippen LogP contribution in [-0.4, -0.2) is 44.8 Å². The number of nitrogens with one attached hydrogen (secondary N) is 1. The van der Waals surface area contributed by atoms with Gasteiger partial charge in [0.2, 0.25) is 5.91 Å². The molecule has 4 rings (SSSR count). The topological polar surface area (TPSA) is 71.1 Å². The number of ether oxygens (including phenoxy) is 2. The zero-order chi connectivity index (χ0) is 20.5. The predicted molar refractivity (Wildman–Crippen MR) is 111 cm³/mol. The molecule has 0 spiro atoms. The fourth-order valence-electron chi connectivity index (χ4n) is 4.17. The van der Waals surface area contributed by atoms with Crippen molar-refractivity contribution in [3.8, 4) is 11.5 Å². The van der Waals surface area contributed by atoms with Crippen LogP contribution < -0.4 is 24.6 Å². The van der Waals surface area contributed by atoms with Crippen LogP contribution in [0, 0.1) is 0 Å². The first-order valence-electron chi connectivity index (χ1n) is 9.72. The highest BCUT2D eigenvalue weighted by atomic mass is 16.5. The quantitative estimate of drug-likeness (QED) is 0.864. The molecule has 1 fully saturated rings. The number of hydrogen-bond acceptors (Lipinski definition) is 4. The SMILES string of the molecule is COc1ccc(N2C[C@H](NC(=O)N3c4ccccc4C[C@@H]3C)CC2=O)cc1OC. The number of hydrogen-bond donors (Lipinski definition) is 1. The standard InChI is InChI=1S/C22H25N3O4/c1-14-10-15-6-4-5-7-18(15)25(14)22(27)23-16-11-21(26)24(13-16)17-8-9-19(28-2)20(12-17)29-3/h4-9,12,14,16H,10-11,13H2,1-3H3,(H,23,27)/t14-,16+/m0/s1. The van der Waals surface area contributed by atoms with E-state index < -0.39 is 0 Å². The second kappa shape index (κ2) is 7.66. The summed E-state index contributed by atoms with van der Waals surface area (Å²) in [6, 6.07) is 13.0. The van der Waals surface area contributed by atoms with Crippen molar-refractivity contribution < 1.29 is 19.1 Å². The number of benzene rings is 2. The number of para-hydroxylation sites is 1. The summed E-state index contributed by atoms with van der Waals surface area (Å²) < 4.78 is 10.6. The van der Waals surface area contributed by atoms with Gasteiger partial charge in [0.1, 0.15) is 0 Å². The summed E-state index contributed by atoms with van der Waals surface area (Å²) in [5.74, 6) is 1.14. The van der Waals surface area contributed by atoms with Crippen LogP contribution in [0.4, 0.5) is 16.2 Å². The Morgan fingerprint density at radius 1 is 1.07 bits per heavy atom. The molecule has 2 heterocycles. The van der Waals surface area contributed by atoms with E-state index in [2.05, 4.69) is 11.4 Å². The Kier molecular flexibility index (Phi) is 5.05. The van der Waals surface area contributed by atoms with Crippen molar-refractivity contribution in [3.05, 3.63) is 48.0 Å². The monoisotopic (exact) mass is 395 g/mol. The largest absolute Gasteiger partial charge is 0.493 e. The predicted octanol–water partition coefficient (Wildman–Crippen LogP) is 2.97. The minimum atomic E-state index is -0.247. The van der Waals surface area contributed by atoms with Gasteiger partial charge in [-0.05, 0) is 37.1 Å². The van der Waals surface area contributed by atoms with Crippen LogP contribution in [0.5, 0.6) is 11.5 Å². The summed E-state index contributed by atoms with van der Waals surface area (Å²) in [6.45, 7) is 2.46. The first-order valence-corrected chi connectivity index (χ1v) is 9.72. The van der Waals surface area contributed by atoms with Gasteiger partial charge in [-0.25, -0.2) is 4.79 Å². The Bertz CT molecular complexity index is 945. The molecule has 3 amide bonds. The van der Waals surface area contributed by atoms with Crippen molar-refractivity contribution >= 4 is 23.3 Å². The number of carbonyl (C=O) groups is 2. The van der Waals surface area contributed by atoms with Crippen molar-refractivity contribution in [2.45, 2.75) is 31.8 Å². The lowest BCUT2D eigenvalue weighted by Gasteiger charge is -2.25. The molecule has 0 aliphatic carbocycles. The summed E-state index contributed by atoms with van der Waals surface area (Å²) in [4.78, 5) is 29.0. The summed E-state index contributed by atoms with van der Waals surface area (Å²) in [5, 5.41) is 3.04. The van der Waals surface area contributed by atoms with Gasteiger partial charge in [0, 0.05) is 36.4 Å². The molecular formula is C22H25N3O4. The lowest BCUT2D eigenvalue weighted by Crippen LogP contribution is -2.48. The lowest BCUT2D eigenvalue weighted by atomic mass is 10.1. The molecule has 2 aromatic carbocycles. The Morgan fingerprint density at radius 2 is 1.83 bits per heavy atom. The van der Waals surface area contributed by atoms with Gasteiger partial charge >= 0.3 is 6.03 Å². The fraction of sp³-hybridized carbons (Fsp3) is 0.364. The van der Waals surface area contributed by atoms with Crippen LogP contribution in [0.2, 0.25) is 0 Å². The van der Waals surface area contributed by atoms with Gasteiger partial charge in [-0.15, -0.1) is 0 Å². The van der Waals surface area contributed by atoms with E-state index in [0.29, 0.717) is 18.0 Å². The highest BCUT2D eigenvalue weighted by Crippen LogP contribution is 2.34. The molecular weight excluding hydrogens is 370 g/mol. The number of rotatable bonds is 4. The second-order valence-corrected chi connectivity index (χ2v) is 7.45. The third kappa shape index (κ3) is 3.48. The molecule has 1 N–H and O–H groups in total. The smallest absolute Gasteiger partial charge is 0.322 e. The molecule has 0 unspecified atom stereocenters. The molecule has 152 valence electrons. The van der Waals surface area contributed by atoms with Crippen LogP contribution in [0.15, 0.2) is 42.5 Å². The van der Waals surface area contributed by atoms with Crippen molar-refractivity contribution in [1.82, 2.24) is 5.32 Å². The highest BCUT2D eigenvalue weighted by molar-refractivity contribution is 5.99. The summed E-state index contributed by atoms with van der Waals surface area (Å²) in [6.07, 6.45) is 1.11. The van der Waals surface area contributed by atoms with Gasteiger partial charge in [0.15, 0.2) is 11.5 Å². The maximum atomic E-state index is 13.0. The number of carbonyl (C=O) groups excluding carboxylic acids is 2. The molecule has 0 bridgehead atoms. The maximum absolute atomic E-state index is 13.0. The summed E-state index contributed by atoms with van der Waals surface area (Å²) in [7, 11) is 3.13. The van der Waals surface area contributed by atoms with Crippen LogP contribution >= 0.6 is 0 Å². The van der Waals surface area contributed by atoms with Crippen molar-refractivity contribution in [1.29, 1.82) is 0 Å². The first kappa shape index (κ1) is 19.1. The van der Waals surface area contributed by atoms with Crippen LogP contribution in [0.25, 0.3) is 0 Å². The number of amides is 3. The Labute approximate surface area is 170 Å². The molecule has 2 aromatic rings. The van der Waals surface area contributed by atoms with Crippen molar-refractivity contribution in [2.75, 3.05) is 30.6 Å². The van der Waals surface area contributed by atoms with E-state index in [4.69, 9.17) is 9.47 Å². The van der Waals surface area contributed by atoms with E-state index >= 15 is 0 Å². The molecule has 2 aliphatic rings. The molecule has 0 saturated carbocycles. The van der Waals surface area contributed by atoms with Crippen LogP contribution in [0.3, 0.4) is 0 Å². The van der Waals surface area contributed by atoms with E-state index in [-0.39, 0.29) is 30.4 Å². The van der Waals surface area contributed by atoms with Gasteiger partial charge in [0.25, 0.3) is 0 Å². The van der Waals surface area contributed by atoms with Gasteiger partial charge < -0.3 is 19.7 Å². The molecule has 7 heteroatoms. The molecule has 29 heavy (non-hydrogen) atoms. The van der Waals surface area contributed by atoms with Crippen molar-refractivity contribution in [3.63, 3.8) is 0 Å². The third-order valence-corrected chi connectivity index (χ3v) is 5.56. The van der Waals surface area contributed by atoms with Gasteiger partial charge in [-0.3, -0.25) is 9.69 Å². The normalized spacial score (nSPS) is 20.6. The number of nitrogens with zero attached hydrogens (tertiary/aromatic N) is 2. The maximum Gasteiger partial charge on any atom is 0.322 e. The molecule has 2 aliphatic heterocycles. The lowest BCUT2D eigenvalue weighted by molar-refractivity contribution is -0.117. The highest BCUT2D eigenvalue weighted by Gasteiger charge is 2.36. The van der Waals surface area contributed by atoms with Crippen LogP contribution in [-0.2, 0) is 11.2 Å². The van der Waals surface area contributed by atoms with E-state index in [9.17, 15) is 9.59 Å². The zero-order valence-corrected chi connectivity index (χ0v) is 16.8. The number of fused-ring (bicyclic) bond motifs is 1. The van der Waals surface area contributed by atoms with E-state index in [1.165, 1.54) is 5.56 Å². The molecule has 0 radical (unpaired) electrons. The molecule has 0 aromatic heterocycles. The fourth-order valence-corrected chi connectivity index (χ4v) is 4.17. The Balaban J connectivity index is 1.47. The van der Waals surface area contributed by atoms with Crippen LogP contribution in [0.1, 0.15) is 18.9 Å². The number of urea groups is 1. The van der Waals surface area contributed by atoms with Gasteiger partial charge in [0.05, 0.1) is 20.3 Å². The average Bonchev–Trinajstić information content (AvgIpc) is 3.25. The third-order valence-electron chi connectivity index (χ3n) is 5.56. The van der Waals surface area contributed by atoms with E-state index in [0.717, 1.165) is 17.8 Å².